The minimum atomic E-state index is -0.364. The average molecular weight is 751 g/mol. The molecule has 3 atom stereocenters. The van der Waals surface area contributed by atoms with Crippen molar-refractivity contribution < 1.29 is 14.4 Å². The summed E-state index contributed by atoms with van der Waals surface area (Å²) < 4.78 is 1.23. The van der Waals surface area contributed by atoms with Gasteiger partial charge in [-0.25, -0.2) is 4.68 Å². The summed E-state index contributed by atoms with van der Waals surface area (Å²) in [5, 5.41) is 12.2. The molecule has 282 valence electrons. The molecular weight excluding hydrogens is 704 g/mol. The monoisotopic (exact) mass is 750 g/mol. The largest absolute Gasteiger partial charge is 0.378 e. The number of pyridine rings is 1. The van der Waals surface area contributed by atoms with E-state index >= 15 is 0 Å². The maximum absolute atomic E-state index is 13.7. The van der Waals surface area contributed by atoms with Crippen LogP contribution >= 0.6 is 11.6 Å². The molecule has 2 N–H and O–H groups in total. The van der Waals surface area contributed by atoms with Gasteiger partial charge in [-0.1, -0.05) is 29.8 Å². The van der Waals surface area contributed by atoms with Gasteiger partial charge in [-0.3, -0.25) is 29.5 Å². The van der Waals surface area contributed by atoms with Crippen LogP contribution in [-0.4, -0.2) is 94.6 Å². The number of rotatable bonds is 6. The van der Waals surface area contributed by atoms with Gasteiger partial charge in [0.05, 0.1) is 17.8 Å². The number of aryl methyl sites for hydroxylation is 1. The van der Waals surface area contributed by atoms with Gasteiger partial charge in [-0.15, -0.1) is 0 Å². The first kappa shape index (κ1) is 36.2. The number of carbonyl (C=O) groups excluding carboxylic acids is 3. The molecule has 54 heavy (non-hydrogen) atoms. The molecule has 4 fully saturated rings. The summed E-state index contributed by atoms with van der Waals surface area (Å²) in [6, 6.07) is 14.7. The van der Waals surface area contributed by atoms with Crippen molar-refractivity contribution in [1.82, 2.24) is 29.9 Å². The third-order valence-electron chi connectivity index (χ3n) is 12.4. The number of hydrogen-bond donors (Lipinski definition) is 2. The van der Waals surface area contributed by atoms with Crippen molar-refractivity contribution >= 4 is 51.5 Å². The molecule has 4 saturated heterocycles. The van der Waals surface area contributed by atoms with Crippen molar-refractivity contribution in [3.8, 4) is 0 Å². The van der Waals surface area contributed by atoms with Crippen LogP contribution in [0.3, 0.4) is 0 Å². The number of fused-ring (bicyclic) bond motifs is 1. The van der Waals surface area contributed by atoms with Crippen LogP contribution in [-0.2, 0) is 16.6 Å². The Hall–Kier alpha value is -4.81. The molecule has 8 rings (SSSR count). The Bertz CT molecular complexity index is 2140. The first-order valence-corrected chi connectivity index (χ1v) is 19.5. The van der Waals surface area contributed by atoms with E-state index in [2.05, 4.69) is 67.9 Å². The summed E-state index contributed by atoms with van der Waals surface area (Å²) in [6.07, 6.45) is 11.1. The highest BCUT2D eigenvalue weighted by Crippen LogP contribution is 2.43. The molecule has 0 saturated carbocycles. The van der Waals surface area contributed by atoms with Crippen molar-refractivity contribution in [2.75, 3.05) is 56.5 Å². The molecule has 4 aliphatic heterocycles. The highest BCUT2D eigenvalue weighted by molar-refractivity contribution is 6.32. The molecule has 4 aliphatic rings. The van der Waals surface area contributed by atoms with Gasteiger partial charge in [-0.05, 0) is 97.7 Å². The fraction of sp³-hybridized carbons (Fsp3) is 0.463. The van der Waals surface area contributed by atoms with E-state index in [-0.39, 0.29) is 51.6 Å². The SMILES string of the molecule is CN1C[C@@H](Nc2cnn(C)c(=O)c2Cl)C[C@@H](c2ccc(C(=O)N3CCC4(CC3)CCN(c3ccc5c(C6CCC(=O)NC6=O)cncc5c3)CC4)cc2)C1. The Morgan fingerprint density at radius 2 is 1.67 bits per heavy atom. The van der Waals surface area contributed by atoms with E-state index in [1.54, 1.807) is 19.4 Å². The number of likely N-dealkylation sites (tertiary alicyclic amines) is 2. The lowest BCUT2D eigenvalue weighted by molar-refractivity contribution is -0.134. The van der Waals surface area contributed by atoms with Crippen LogP contribution in [0.1, 0.15) is 78.3 Å². The number of anilines is 2. The second kappa shape index (κ2) is 14.8. The van der Waals surface area contributed by atoms with E-state index in [4.69, 9.17) is 11.6 Å². The molecule has 4 aromatic rings. The maximum atomic E-state index is 13.7. The number of imide groups is 1. The van der Waals surface area contributed by atoms with Gasteiger partial charge in [0.25, 0.3) is 11.5 Å². The third kappa shape index (κ3) is 7.21. The van der Waals surface area contributed by atoms with Gasteiger partial charge in [0.2, 0.25) is 11.8 Å². The summed E-state index contributed by atoms with van der Waals surface area (Å²) in [4.78, 5) is 61.4. The third-order valence-corrected chi connectivity index (χ3v) is 12.8. The van der Waals surface area contributed by atoms with Gasteiger partial charge in [-0.2, -0.15) is 5.10 Å². The van der Waals surface area contributed by atoms with Crippen molar-refractivity contribution in [1.29, 1.82) is 0 Å². The number of piperidine rings is 4. The number of halogens is 1. The number of aromatic nitrogens is 3. The standard InChI is InChI=1S/C41H47ClN8O4/c1-47-24-29(19-30(25-47)45-35-23-44-48(2)40(54)37(35)42)26-3-5-27(6-4-26)39(53)50-17-13-41(14-18-50)11-15-49(16-12-41)31-7-8-32-28(20-31)21-43-22-34(32)33-9-10-36(51)46-38(33)52/h3-8,20-23,29-30,33,45H,9-19,24-25H2,1-2H3,(H,46,51,52)/t29-,30+,33?/m1/s1. The molecule has 3 amide bonds. The number of carbonyl (C=O) groups is 3. The normalized spacial score (nSPS) is 23.4. The number of nitrogens with one attached hydrogen (secondary N) is 2. The number of nitrogens with zero attached hydrogens (tertiary/aromatic N) is 6. The molecule has 1 spiro atoms. The first-order valence-electron chi connectivity index (χ1n) is 19.1. The topological polar surface area (TPSA) is 133 Å². The smallest absolute Gasteiger partial charge is 0.287 e. The highest BCUT2D eigenvalue weighted by Gasteiger charge is 2.39. The second-order valence-electron chi connectivity index (χ2n) is 15.8. The molecule has 2 aromatic carbocycles. The van der Waals surface area contributed by atoms with E-state index in [0.717, 1.165) is 99.0 Å². The van der Waals surface area contributed by atoms with Crippen LogP contribution in [0.2, 0.25) is 5.02 Å². The molecule has 0 bridgehead atoms. The van der Waals surface area contributed by atoms with Crippen molar-refractivity contribution in [3.05, 3.63) is 93.1 Å². The Balaban J connectivity index is 0.850. The summed E-state index contributed by atoms with van der Waals surface area (Å²) in [5.74, 6) is -0.450. The molecular formula is C41H47ClN8O4. The Kier molecular flexibility index (Phi) is 9.91. The van der Waals surface area contributed by atoms with E-state index in [1.165, 1.54) is 10.2 Å². The maximum Gasteiger partial charge on any atom is 0.287 e. The highest BCUT2D eigenvalue weighted by atomic mass is 35.5. The molecule has 1 unspecified atom stereocenters. The molecule has 0 aliphatic carbocycles. The van der Waals surface area contributed by atoms with E-state index in [1.807, 2.05) is 23.2 Å². The predicted molar refractivity (Wildman–Crippen MR) is 209 cm³/mol. The number of amides is 3. The number of benzene rings is 2. The van der Waals surface area contributed by atoms with Crippen LogP contribution in [0, 0.1) is 5.41 Å². The van der Waals surface area contributed by atoms with Crippen LogP contribution in [0.25, 0.3) is 10.8 Å². The van der Waals surface area contributed by atoms with Crippen LogP contribution < -0.4 is 21.1 Å². The minimum absolute atomic E-state index is 0.0963. The Labute approximate surface area is 319 Å². The van der Waals surface area contributed by atoms with Crippen LogP contribution in [0.5, 0.6) is 0 Å². The summed E-state index contributed by atoms with van der Waals surface area (Å²) in [6.45, 7) is 5.19. The van der Waals surface area contributed by atoms with E-state index < -0.39 is 0 Å². The zero-order valence-electron chi connectivity index (χ0n) is 30.9. The molecule has 13 heteroatoms. The first-order chi connectivity index (χ1) is 26.1. The summed E-state index contributed by atoms with van der Waals surface area (Å²) in [7, 11) is 3.68. The fourth-order valence-corrected chi connectivity index (χ4v) is 9.38. The predicted octanol–water partition coefficient (Wildman–Crippen LogP) is 4.92. The Morgan fingerprint density at radius 3 is 2.41 bits per heavy atom. The summed E-state index contributed by atoms with van der Waals surface area (Å²) >= 11 is 6.33. The minimum Gasteiger partial charge on any atom is -0.378 e. The number of likely N-dealkylation sites (N-methyl/N-ethyl adjacent to an activating group) is 1. The zero-order valence-corrected chi connectivity index (χ0v) is 31.6. The van der Waals surface area contributed by atoms with Gasteiger partial charge in [0.1, 0.15) is 5.02 Å². The molecule has 12 nitrogen and oxygen atoms in total. The van der Waals surface area contributed by atoms with Gasteiger partial charge < -0.3 is 20.0 Å². The van der Waals surface area contributed by atoms with Gasteiger partial charge >= 0.3 is 0 Å². The van der Waals surface area contributed by atoms with Gasteiger partial charge in [0, 0.05) is 87.8 Å². The molecule has 0 radical (unpaired) electrons. The fourth-order valence-electron chi connectivity index (χ4n) is 9.15. The van der Waals surface area contributed by atoms with Crippen molar-refractivity contribution in [2.24, 2.45) is 12.5 Å². The average Bonchev–Trinajstić information content (AvgIpc) is 3.18. The Morgan fingerprint density at radius 1 is 0.926 bits per heavy atom. The zero-order chi connectivity index (χ0) is 37.6. The summed E-state index contributed by atoms with van der Waals surface area (Å²) in [5.41, 5.74) is 4.44. The lowest BCUT2D eigenvalue weighted by atomic mass is 9.71. The van der Waals surface area contributed by atoms with Crippen LogP contribution in [0.15, 0.2) is 65.8 Å². The van der Waals surface area contributed by atoms with E-state index in [0.29, 0.717) is 18.5 Å². The van der Waals surface area contributed by atoms with Gasteiger partial charge in [0.15, 0.2) is 0 Å². The number of hydrogen-bond acceptors (Lipinski definition) is 9. The lowest BCUT2D eigenvalue weighted by Crippen LogP contribution is -2.48. The quantitative estimate of drug-likeness (QED) is 0.264. The van der Waals surface area contributed by atoms with E-state index in [9.17, 15) is 19.2 Å². The molecule has 2 aromatic heterocycles. The lowest BCUT2D eigenvalue weighted by Gasteiger charge is -2.47. The second-order valence-corrected chi connectivity index (χ2v) is 16.2. The van der Waals surface area contributed by atoms with Crippen LogP contribution in [0.4, 0.5) is 11.4 Å². The van der Waals surface area contributed by atoms with Crippen molar-refractivity contribution in [2.45, 2.75) is 62.8 Å². The molecule has 6 heterocycles. The van der Waals surface area contributed by atoms with Crippen molar-refractivity contribution in [3.63, 3.8) is 0 Å².